The molecule has 170 valence electrons. The van der Waals surface area contributed by atoms with E-state index in [0.29, 0.717) is 25.3 Å². The van der Waals surface area contributed by atoms with E-state index in [0.717, 1.165) is 52.6 Å². The topological polar surface area (TPSA) is 104 Å². The van der Waals surface area contributed by atoms with Crippen molar-refractivity contribution < 1.29 is 19.1 Å². The number of thiazole rings is 1. The van der Waals surface area contributed by atoms with E-state index in [4.69, 9.17) is 4.74 Å². The third kappa shape index (κ3) is 3.71. The minimum absolute atomic E-state index is 0.0650. The van der Waals surface area contributed by atoms with Crippen LogP contribution in [-0.4, -0.2) is 66.1 Å². The Kier molecular flexibility index (Phi) is 5.50. The molecular formula is C22H27N5O4S. The molecule has 1 aromatic heterocycles. The molecule has 3 heterocycles. The molecule has 9 nitrogen and oxygen atoms in total. The average Bonchev–Trinajstić information content (AvgIpc) is 3.31. The highest BCUT2D eigenvalue weighted by molar-refractivity contribution is 7.22. The maximum atomic E-state index is 13.1. The van der Waals surface area contributed by atoms with Crippen LogP contribution in [0.4, 0.5) is 15.6 Å². The van der Waals surface area contributed by atoms with Crippen LogP contribution in [0.5, 0.6) is 0 Å². The van der Waals surface area contributed by atoms with E-state index < -0.39 is 17.5 Å². The third-order valence-electron chi connectivity index (χ3n) is 6.75. The number of hydrogen-bond donors (Lipinski definition) is 2. The minimum atomic E-state index is -0.854. The fourth-order valence-electron chi connectivity index (χ4n) is 4.86. The number of ether oxygens (including phenoxy) is 1. The number of hydrogen-bond acceptors (Lipinski definition) is 7. The van der Waals surface area contributed by atoms with E-state index in [-0.39, 0.29) is 18.4 Å². The number of carbonyl (C=O) groups is 3. The van der Waals surface area contributed by atoms with Crippen LogP contribution < -0.4 is 15.5 Å². The first-order valence-electron chi connectivity index (χ1n) is 11.1. The summed E-state index contributed by atoms with van der Waals surface area (Å²) >= 11 is 1.57. The number of benzene rings is 1. The maximum absolute atomic E-state index is 13.1. The highest BCUT2D eigenvalue weighted by Crippen LogP contribution is 2.38. The smallest absolute Gasteiger partial charge is 0.325 e. The number of aromatic nitrogens is 1. The molecule has 1 saturated carbocycles. The van der Waals surface area contributed by atoms with Gasteiger partial charge in [0.2, 0.25) is 5.91 Å². The Morgan fingerprint density at radius 2 is 2.12 bits per heavy atom. The number of amides is 4. The molecule has 2 aliphatic heterocycles. The van der Waals surface area contributed by atoms with Crippen LogP contribution in [0.3, 0.4) is 0 Å². The number of nitrogens with zero attached hydrogens (tertiary/aromatic N) is 3. The Bertz CT molecular complexity index is 1070. The van der Waals surface area contributed by atoms with Gasteiger partial charge in [-0.2, -0.15) is 0 Å². The first kappa shape index (κ1) is 21.1. The van der Waals surface area contributed by atoms with Gasteiger partial charge in [-0.3, -0.25) is 14.5 Å². The molecule has 5 rings (SSSR count). The van der Waals surface area contributed by atoms with Crippen LogP contribution in [-0.2, 0) is 14.3 Å². The zero-order valence-corrected chi connectivity index (χ0v) is 18.9. The van der Waals surface area contributed by atoms with E-state index >= 15 is 0 Å². The lowest BCUT2D eigenvalue weighted by Gasteiger charge is -2.36. The van der Waals surface area contributed by atoms with E-state index in [9.17, 15) is 14.4 Å². The van der Waals surface area contributed by atoms with Crippen molar-refractivity contribution in [3.05, 3.63) is 18.2 Å². The van der Waals surface area contributed by atoms with Crippen molar-refractivity contribution in [3.8, 4) is 0 Å². The quantitative estimate of drug-likeness (QED) is 0.684. The third-order valence-corrected chi connectivity index (χ3v) is 7.82. The van der Waals surface area contributed by atoms with Gasteiger partial charge in [-0.05, 0) is 37.0 Å². The molecular weight excluding hydrogens is 430 g/mol. The van der Waals surface area contributed by atoms with Crippen LogP contribution in [0.1, 0.15) is 32.6 Å². The first-order valence-corrected chi connectivity index (χ1v) is 12.0. The normalized spacial score (nSPS) is 26.1. The fourth-order valence-corrected chi connectivity index (χ4v) is 5.92. The molecule has 0 radical (unpaired) electrons. The van der Waals surface area contributed by atoms with Gasteiger partial charge in [0, 0.05) is 18.8 Å². The lowest BCUT2D eigenvalue weighted by atomic mass is 9.73. The number of nitrogens with one attached hydrogen (secondary N) is 2. The standard InChI is InChI=1S/C22H27N5O4S/c1-14-4-2-3-7-22(14)19(29)27(20(30)25-22)13-18(28)23-15-5-6-16-17(12-15)32-21(24-16)26-8-10-31-11-9-26/h5-6,12,14H,2-4,7-11,13H2,1H3,(H,23,28)(H,25,30)/t14-,22+/m0/s1. The second-order valence-corrected chi connectivity index (χ2v) is 9.78. The van der Waals surface area contributed by atoms with E-state index in [1.807, 2.05) is 19.1 Å². The van der Waals surface area contributed by atoms with Crippen molar-refractivity contribution in [1.29, 1.82) is 0 Å². The van der Waals surface area contributed by atoms with Crippen LogP contribution in [0, 0.1) is 5.92 Å². The minimum Gasteiger partial charge on any atom is -0.378 e. The molecule has 1 spiro atoms. The zero-order valence-electron chi connectivity index (χ0n) is 18.1. The molecule has 0 bridgehead atoms. The summed E-state index contributed by atoms with van der Waals surface area (Å²) in [5.74, 6) is -0.612. The molecule has 3 fully saturated rings. The van der Waals surface area contributed by atoms with Crippen molar-refractivity contribution in [2.24, 2.45) is 5.92 Å². The molecule has 0 unspecified atom stereocenters. The van der Waals surface area contributed by atoms with Gasteiger partial charge in [-0.15, -0.1) is 0 Å². The van der Waals surface area contributed by atoms with Gasteiger partial charge < -0.3 is 20.3 Å². The van der Waals surface area contributed by atoms with Gasteiger partial charge in [0.1, 0.15) is 12.1 Å². The molecule has 1 aliphatic carbocycles. The second kappa shape index (κ2) is 8.32. The summed E-state index contributed by atoms with van der Waals surface area (Å²) in [6.45, 7) is 4.72. The van der Waals surface area contributed by atoms with E-state index in [1.165, 1.54) is 0 Å². The number of imide groups is 1. The van der Waals surface area contributed by atoms with Crippen LogP contribution >= 0.6 is 11.3 Å². The number of fused-ring (bicyclic) bond motifs is 1. The van der Waals surface area contributed by atoms with Crippen molar-refractivity contribution in [3.63, 3.8) is 0 Å². The van der Waals surface area contributed by atoms with Crippen molar-refractivity contribution in [1.82, 2.24) is 15.2 Å². The number of anilines is 2. The first-order chi connectivity index (χ1) is 15.5. The predicted octanol–water partition coefficient (Wildman–Crippen LogP) is 2.57. The van der Waals surface area contributed by atoms with Gasteiger partial charge in [0.15, 0.2) is 5.13 Å². The second-order valence-electron chi connectivity index (χ2n) is 8.77. The van der Waals surface area contributed by atoms with E-state index in [1.54, 1.807) is 17.4 Å². The van der Waals surface area contributed by atoms with Gasteiger partial charge in [0.25, 0.3) is 5.91 Å². The maximum Gasteiger partial charge on any atom is 0.325 e. The largest absolute Gasteiger partial charge is 0.378 e. The lowest BCUT2D eigenvalue weighted by Crippen LogP contribution is -2.54. The van der Waals surface area contributed by atoms with Gasteiger partial charge >= 0.3 is 6.03 Å². The van der Waals surface area contributed by atoms with Crippen molar-refractivity contribution >= 4 is 50.2 Å². The summed E-state index contributed by atoms with van der Waals surface area (Å²) in [6.07, 6.45) is 3.48. The van der Waals surface area contributed by atoms with Crippen LogP contribution in [0.15, 0.2) is 18.2 Å². The van der Waals surface area contributed by atoms with Gasteiger partial charge in [0.05, 0.1) is 23.4 Å². The molecule has 2 saturated heterocycles. The van der Waals surface area contributed by atoms with Crippen LogP contribution in [0.2, 0.25) is 0 Å². The lowest BCUT2D eigenvalue weighted by molar-refractivity contribution is -0.136. The molecule has 32 heavy (non-hydrogen) atoms. The summed E-state index contributed by atoms with van der Waals surface area (Å²) in [5.41, 5.74) is 0.636. The van der Waals surface area contributed by atoms with Crippen LogP contribution in [0.25, 0.3) is 10.2 Å². The predicted molar refractivity (Wildman–Crippen MR) is 122 cm³/mol. The molecule has 2 atom stereocenters. The Balaban J connectivity index is 1.26. The monoisotopic (exact) mass is 457 g/mol. The highest BCUT2D eigenvalue weighted by Gasteiger charge is 2.55. The molecule has 10 heteroatoms. The number of carbonyl (C=O) groups excluding carboxylic acids is 3. The van der Waals surface area contributed by atoms with Crippen molar-refractivity contribution in [2.45, 2.75) is 38.1 Å². The summed E-state index contributed by atoms with van der Waals surface area (Å²) in [7, 11) is 0. The Morgan fingerprint density at radius 1 is 1.31 bits per heavy atom. The average molecular weight is 458 g/mol. The Morgan fingerprint density at radius 3 is 2.91 bits per heavy atom. The summed E-state index contributed by atoms with van der Waals surface area (Å²) in [5, 5.41) is 6.65. The summed E-state index contributed by atoms with van der Waals surface area (Å²) in [4.78, 5) is 46.2. The van der Waals surface area contributed by atoms with Gasteiger partial charge in [-0.25, -0.2) is 9.78 Å². The van der Waals surface area contributed by atoms with Gasteiger partial charge in [-0.1, -0.05) is 31.1 Å². The molecule has 3 aliphatic rings. The molecule has 2 aromatic rings. The summed E-state index contributed by atoms with van der Waals surface area (Å²) < 4.78 is 6.37. The highest BCUT2D eigenvalue weighted by atomic mass is 32.1. The molecule has 4 amide bonds. The number of rotatable bonds is 4. The van der Waals surface area contributed by atoms with Crippen molar-refractivity contribution in [2.75, 3.05) is 43.1 Å². The Labute approximate surface area is 190 Å². The number of morpholine rings is 1. The SMILES string of the molecule is C[C@H]1CCCC[C@@]12NC(=O)N(CC(=O)Nc1ccc3nc(N4CCOCC4)sc3c1)C2=O. The summed E-state index contributed by atoms with van der Waals surface area (Å²) in [6, 6.07) is 5.06. The number of urea groups is 1. The fraction of sp³-hybridized carbons (Fsp3) is 0.545. The molecule has 1 aromatic carbocycles. The molecule has 2 N–H and O–H groups in total. The zero-order chi connectivity index (χ0) is 22.3. The van der Waals surface area contributed by atoms with E-state index in [2.05, 4.69) is 20.5 Å². The Hall–Kier alpha value is -2.72.